The summed E-state index contributed by atoms with van der Waals surface area (Å²) in [7, 11) is 2.06. The van der Waals surface area contributed by atoms with Crippen LogP contribution < -0.4 is 4.57 Å². The standard InChI is InChI=1S/C23H21N2O/c1-14(2)16-12-17-21(13-18(16)24-4)26-20-10-9-15(3)22(23(17)20)19-8-6-7-11-25(19)5/h6-14H,1-3,5H3/q+1. The quantitative estimate of drug-likeness (QED) is 0.321. The zero-order chi connectivity index (χ0) is 18.4. The molecule has 0 spiro atoms. The van der Waals surface area contributed by atoms with Crippen molar-refractivity contribution in [1.29, 1.82) is 0 Å². The summed E-state index contributed by atoms with van der Waals surface area (Å²) in [5.41, 5.74) is 6.94. The first-order valence-corrected chi connectivity index (χ1v) is 8.83. The van der Waals surface area contributed by atoms with Gasteiger partial charge < -0.3 is 4.42 Å². The summed E-state index contributed by atoms with van der Waals surface area (Å²) >= 11 is 0. The van der Waals surface area contributed by atoms with E-state index in [1.54, 1.807) is 0 Å². The first-order chi connectivity index (χ1) is 12.5. The van der Waals surface area contributed by atoms with Crippen molar-refractivity contribution < 1.29 is 8.98 Å². The van der Waals surface area contributed by atoms with Gasteiger partial charge in [0.25, 0.3) is 0 Å². The molecule has 0 aliphatic rings. The van der Waals surface area contributed by atoms with Crippen LogP contribution >= 0.6 is 0 Å². The Kier molecular flexibility index (Phi) is 3.77. The lowest BCUT2D eigenvalue weighted by molar-refractivity contribution is -0.660. The molecule has 0 saturated carbocycles. The average molecular weight is 341 g/mol. The summed E-state index contributed by atoms with van der Waals surface area (Å²) in [6.45, 7) is 13.9. The number of hydrogen-bond acceptors (Lipinski definition) is 1. The number of pyridine rings is 1. The number of nitrogens with zero attached hydrogens (tertiary/aromatic N) is 2. The monoisotopic (exact) mass is 341 g/mol. The molecular weight excluding hydrogens is 320 g/mol. The number of aryl methyl sites for hydroxylation is 2. The minimum atomic E-state index is 0.287. The van der Waals surface area contributed by atoms with Gasteiger partial charge in [0, 0.05) is 22.9 Å². The summed E-state index contributed by atoms with van der Waals surface area (Å²) in [6, 6.07) is 14.4. The van der Waals surface area contributed by atoms with E-state index in [1.807, 2.05) is 18.2 Å². The number of fused-ring (bicyclic) bond motifs is 3. The minimum Gasteiger partial charge on any atom is -0.457 e. The van der Waals surface area contributed by atoms with Crippen LogP contribution in [0, 0.1) is 13.5 Å². The number of hydrogen-bond donors (Lipinski definition) is 0. The van der Waals surface area contributed by atoms with Gasteiger partial charge in [-0.25, -0.2) is 9.41 Å². The molecule has 2 aromatic carbocycles. The zero-order valence-corrected chi connectivity index (χ0v) is 15.5. The van der Waals surface area contributed by atoms with Crippen LogP contribution in [-0.4, -0.2) is 0 Å². The molecule has 0 atom stereocenters. The van der Waals surface area contributed by atoms with Crippen molar-refractivity contribution in [3.05, 3.63) is 71.2 Å². The Bertz CT molecular complexity index is 1190. The van der Waals surface area contributed by atoms with Crippen molar-refractivity contribution >= 4 is 27.6 Å². The fourth-order valence-electron chi connectivity index (χ4n) is 3.70. The van der Waals surface area contributed by atoms with Crippen molar-refractivity contribution in [2.24, 2.45) is 7.05 Å². The summed E-state index contributed by atoms with van der Waals surface area (Å²) < 4.78 is 8.27. The predicted octanol–water partition coefficient (Wildman–Crippen LogP) is 6.06. The SMILES string of the molecule is [C-]#[N+]c1cc2oc3ccc(C)c(-c4cccc[n+]4C)c3c2cc1C(C)C. The Morgan fingerprint density at radius 1 is 1.08 bits per heavy atom. The van der Waals surface area contributed by atoms with Gasteiger partial charge in [-0.15, -0.1) is 0 Å². The van der Waals surface area contributed by atoms with Gasteiger partial charge in [-0.2, -0.15) is 0 Å². The van der Waals surface area contributed by atoms with Gasteiger partial charge >= 0.3 is 0 Å². The lowest BCUT2D eigenvalue weighted by Gasteiger charge is -2.09. The Balaban J connectivity index is 2.18. The molecule has 0 saturated heterocycles. The van der Waals surface area contributed by atoms with Crippen molar-refractivity contribution in [3.8, 4) is 11.3 Å². The molecule has 3 nitrogen and oxygen atoms in total. The largest absolute Gasteiger partial charge is 0.457 e. The lowest BCUT2D eigenvalue weighted by Crippen LogP contribution is -2.30. The number of aromatic nitrogens is 1. The van der Waals surface area contributed by atoms with Gasteiger partial charge in [-0.05, 0) is 42.2 Å². The van der Waals surface area contributed by atoms with E-state index in [0.717, 1.165) is 33.2 Å². The molecule has 4 rings (SSSR count). The van der Waals surface area contributed by atoms with Crippen LogP contribution in [0.5, 0.6) is 0 Å². The van der Waals surface area contributed by atoms with Gasteiger partial charge in [0.2, 0.25) is 5.69 Å². The summed E-state index contributed by atoms with van der Waals surface area (Å²) in [5.74, 6) is 0.287. The molecule has 0 amide bonds. The molecule has 2 aromatic heterocycles. The molecule has 0 bridgehead atoms. The minimum absolute atomic E-state index is 0.287. The van der Waals surface area contributed by atoms with Gasteiger partial charge in [0.05, 0.1) is 12.1 Å². The Labute approximate surface area is 153 Å². The maximum atomic E-state index is 7.51. The molecule has 0 unspecified atom stereocenters. The molecule has 0 fully saturated rings. The summed E-state index contributed by atoms with van der Waals surface area (Å²) in [6.07, 6.45) is 2.06. The van der Waals surface area contributed by atoms with E-state index in [9.17, 15) is 0 Å². The normalized spacial score (nSPS) is 11.4. The van der Waals surface area contributed by atoms with Crippen LogP contribution in [0.15, 0.2) is 53.1 Å². The lowest BCUT2D eigenvalue weighted by atomic mass is 9.94. The number of benzene rings is 2. The second-order valence-electron chi connectivity index (χ2n) is 7.10. The van der Waals surface area contributed by atoms with Crippen LogP contribution in [0.2, 0.25) is 0 Å². The van der Waals surface area contributed by atoms with Gasteiger partial charge in [-0.3, -0.25) is 0 Å². The fraction of sp³-hybridized carbons (Fsp3) is 0.217. The first kappa shape index (κ1) is 16.4. The molecule has 4 aromatic rings. The van der Waals surface area contributed by atoms with E-state index in [4.69, 9.17) is 11.0 Å². The van der Waals surface area contributed by atoms with E-state index in [-0.39, 0.29) is 5.92 Å². The third-order valence-corrected chi connectivity index (χ3v) is 5.05. The predicted molar refractivity (Wildman–Crippen MR) is 105 cm³/mol. The fourth-order valence-corrected chi connectivity index (χ4v) is 3.70. The van der Waals surface area contributed by atoms with E-state index in [2.05, 4.69) is 67.7 Å². The topological polar surface area (TPSA) is 21.4 Å². The third-order valence-electron chi connectivity index (χ3n) is 5.05. The third kappa shape index (κ3) is 2.38. The number of rotatable bonds is 2. The van der Waals surface area contributed by atoms with E-state index in [1.165, 1.54) is 11.1 Å². The summed E-state index contributed by atoms with van der Waals surface area (Å²) in [4.78, 5) is 3.71. The van der Waals surface area contributed by atoms with Gasteiger partial charge in [0.1, 0.15) is 18.2 Å². The molecule has 3 heteroatoms. The van der Waals surface area contributed by atoms with E-state index < -0.39 is 0 Å². The number of furan rings is 1. The van der Waals surface area contributed by atoms with Gasteiger partial charge in [0.15, 0.2) is 11.9 Å². The van der Waals surface area contributed by atoms with E-state index in [0.29, 0.717) is 5.69 Å². The maximum Gasteiger partial charge on any atom is 0.213 e. The van der Waals surface area contributed by atoms with Gasteiger partial charge in [-0.1, -0.05) is 26.0 Å². The maximum absolute atomic E-state index is 7.51. The highest BCUT2D eigenvalue weighted by atomic mass is 16.3. The van der Waals surface area contributed by atoms with Crippen LogP contribution in [0.3, 0.4) is 0 Å². The zero-order valence-electron chi connectivity index (χ0n) is 15.5. The molecule has 0 aliphatic carbocycles. The van der Waals surface area contributed by atoms with Crippen molar-refractivity contribution in [2.45, 2.75) is 26.7 Å². The molecule has 0 radical (unpaired) electrons. The Morgan fingerprint density at radius 2 is 1.88 bits per heavy atom. The molecule has 0 N–H and O–H groups in total. The molecular formula is C23H21N2O+. The molecule has 0 aliphatic heterocycles. The second-order valence-corrected chi connectivity index (χ2v) is 7.10. The second kappa shape index (κ2) is 6.00. The van der Waals surface area contributed by atoms with Crippen LogP contribution in [0.25, 0.3) is 38.0 Å². The Hall–Kier alpha value is -3.12. The smallest absolute Gasteiger partial charge is 0.213 e. The summed E-state index contributed by atoms with van der Waals surface area (Å²) in [5, 5.41) is 2.21. The van der Waals surface area contributed by atoms with Crippen molar-refractivity contribution in [3.63, 3.8) is 0 Å². The van der Waals surface area contributed by atoms with Crippen LogP contribution in [0.4, 0.5) is 5.69 Å². The highest BCUT2D eigenvalue weighted by Gasteiger charge is 2.21. The van der Waals surface area contributed by atoms with Crippen molar-refractivity contribution in [2.75, 3.05) is 0 Å². The Morgan fingerprint density at radius 3 is 2.58 bits per heavy atom. The molecule has 26 heavy (non-hydrogen) atoms. The highest BCUT2D eigenvalue weighted by Crippen LogP contribution is 2.41. The highest BCUT2D eigenvalue weighted by molar-refractivity contribution is 6.13. The first-order valence-electron chi connectivity index (χ1n) is 8.83. The van der Waals surface area contributed by atoms with Crippen LogP contribution in [-0.2, 0) is 7.05 Å². The molecule has 2 heterocycles. The molecule has 128 valence electrons. The van der Waals surface area contributed by atoms with Crippen LogP contribution in [0.1, 0.15) is 30.9 Å². The average Bonchev–Trinajstić information content (AvgIpc) is 2.99. The van der Waals surface area contributed by atoms with Crippen molar-refractivity contribution in [1.82, 2.24) is 0 Å². The van der Waals surface area contributed by atoms with E-state index >= 15 is 0 Å².